The number of amides is 3. The fourth-order valence-corrected chi connectivity index (χ4v) is 7.81. The number of hydrogen-bond acceptors (Lipinski definition) is 6. The third kappa shape index (κ3) is 3.86. The van der Waals surface area contributed by atoms with Gasteiger partial charge in [-0.1, -0.05) is 78.9 Å². The summed E-state index contributed by atoms with van der Waals surface area (Å²) in [5.41, 5.74) is 7.24. The van der Waals surface area contributed by atoms with Crippen molar-refractivity contribution < 1.29 is 29.7 Å². The van der Waals surface area contributed by atoms with Crippen LogP contribution in [-0.2, 0) is 5.41 Å². The van der Waals surface area contributed by atoms with Gasteiger partial charge >= 0.3 is 0 Å². The second kappa shape index (κ2) is 10.2. The predicted molar refractivity (Wildman–Crippen MR) is 183 cm³/mol. The Balaban J connectivity index is 1.17. The number of aliphatic hydroxyl groups excluding tert-OH is 1. The average Bonchev–Trinajstić information content (AvgIpc) is 3.66. The molecule has 236 valence electrons. The van der Waals surface area contributed by atoms with Crippen molar-refractivity contribution in [2.75, 3.05) is 9.80 Å². The van der Waals surface area contributed by atoms with Gasteiger partial charge in [0.2, 0.25) is 0 Å². The number of aliphatic hydroxyl groups is 1. The lowest BCUT2D eigenvalue weighted by molar-refractivity contribution is 0.0917. The van der Waals surface area contributed by atoms with Gasteiger partial charge < -0.3 is 15.3 Å². The Morgan fingerprint density at radius 1 is 0.490 bits per heavy atom. The quantitative estimate of drug-likeness (QED) is 0.180. The third-order valence-electron chi connectivity index (χ3n) is 9.97. The van der Waals surface area contributed by atoms with E-state index in [4.69, 9.17) is 0 Å². The Kier molecular flexibility index (Phi) is 6.00. The molecule has 9 rings (SSSR count). The van der Waals surface area contributed by atoms with Gasteiger partial charge in [-0.2, -0.15) is 0 Å². The minimum atomic E-state index is -1.20. The van der Waals surface area contributed by atoms with E-state index in [0.29, 0.717) is 16.9 Å². The van der Waals surface area contributed by atoms with Crippen LogP contribution in [0, 0.1) is 0 Å². The minimum Gasteiger partial charge on any atom is -0.508 e. The van der Waals surface area contributed by atoms with Crippen molar-refractivity contribution in [1.29, 1.82) is 0 Å². The fraction of sp³-hybridized carbons (Fsp3) is 0.0488. The highest BCUT2D eigenvalue weighted by Gasteiger charge is 2.47. The average molecular weight is 643 g/mol. The molecule has 49 heavy (non-hydrogen) atoms. The van der Waals surface area contributed by atoms with Crippen LogP contribution < -0.4 is 9.80 Å². The predicted octanol–water partition coefficient (Wildman–Crippen LogP) is 6.91. The van der Waals surface area contributed by atoms with Crippen molar-refractivity contribution in [3.05, 3.63) is 178 Å². The molecule has 3 N–H and O–H groups in total. The molecule has 8 nitrogen and oxygen atoms in total. The number of carbonyl (C=O) groups is 3. The lowest BCUT2D eigenvalue weighted by Crippen LogP contribution is -2.31. The van der Waals surface area contributed by atoms with Gasteiger partial charge in [0.05, 0.1) is 27.8 Å². The van der Waals surface area contributed by atoms with E-state index in [9.17, 15) is 29.7 Å². The third-order valence-corrected chi connectivity index (χ3v) is 9.97. The van der Waals surface area contributed by atoms with Gasteiger partial charge in [0.15, 0.2) is 6.23 Å². The standard InChI is InChI=1S/C41H26N2O6/c44-27-17-19-31-33(21-27)39(48)42(37(31)46)25-13-9-23(10-14-25)41(35-7-3-1-5-29(35)30-6-2-4-8-36(30)41)24-11-15-26(16-12-24)43-38(47)32-20-18-28(45)22-34(32)40(43)49/h1-22,37,44-46H/t37-/m1/s1. The lowest BCUT2D eigenvalue weighted by Gasteiger charge is -2.34. The zero-order valence-corrected chi connectivity index (χ0v) is 25.7. The number of fused-ring (bicyclic) bond motifs is 5. The van der Waals surface area contributed by atoms with Crippen LogP contribution in [0.5, 0.6) is 11.5 Å². The maximum Gasteiger partial charge on any atom is 0.266 e. The molecule has 0 saturated heterocycles. The maximum atomic E-state index is 13.4. The van der Waals surface area contributed by atoms with E-state index < -0.39 is 29.4 Å². The molecule has 0 unspecified atom stereocenters. The Hall–Kier alpha value is -6.51. The van der Waals surface area contributed by atoms with Gasteiger partial charge in [0, 0.05) is 11.3 Å². The molecule has 0 aromatic heterocycles. The molecule has 0 spiro atoms. The normalized spacial score (nSPS) is 16.8. The van der Waals surface area contributed by atoms with E-state index in [0.717, 1.165) is 38.3 Å². The summed E-state index contributed by atoms with van der Waals surface area (Å²) in [6, 6.07) is 39.9. The number of hydrogen-bond donors (Lipinski definition) is 3. The minimum absolute atomic E-state index is 0.0506. The maximum absolute atomic E-state index is 13.4. The molecule has 3 amide bonds. The molecule has 1 aliphatic carbocycles. The van der Waals surface area contributed by atoms with Gasteiger partial charge in [0.1, 0.15) is 11.5 Å². The van der Waals surface area contributed by atoms with Crippen molar-refractivity contribution in [2.24, 2.45) is 0 Å². The second-order valence-corrected chi connectivity index (χ2v) is 12.4. The summed E-state index contributed by atoms with van der Waals surface area (Å²) in [5.74, 6) is -1.50. The second-order valence-electron chi connectivity index (χ2n) is 12.4. The number of carbonyl (C=O) groups excluding carboxylic acids is 3. The van der Waals surface area contributed by atoms with Crippen LogP contribution in [0.4, 0.5) is 11.4 Å². The van der Waals surface area contributed by atoms with Crippen molar-refractivity contribution in [3.8, 4) is 22.6 Å². The first kappa shape index (κ1) is 28.7. The van der Waals surface area contributed by atoms with E-state index in [1.54, 1.807) is 18.2 Å². The van der Waals surface area contributed by atoms with Crippen molar-refractivity contribution in [3.63, 3.8) is 0 Å². The van der Waals surface area contributed by atoms with E-state index in [2.05, 4.69) is 24.3 Å². The Labute approximate surface area is 280 Å². The fourth-order valence-electron chi connectivity index (χ4n) is 7.81. The summed E-state index contributed by atoms with van der Waals surface area (Å²) in [6.45, 7) is 0. The molecule has 0 saturated carbocycles. The summed E-state index contributed by atoms with van der Waals surface area (Å²) in [4.78, 5) is 42.5. The SMILES string of the molecule is O=C1c2ccc(O)cc2C(=O)N1c1ccc(C2(c3ccc(N4C(=O)c5cc(O)ccc5[C@H]4O)cc3)c3ccccc3-c3ccccc32)cc1. The molecule has 1 atom stereocenters. The molecule has 0 fully saturated rings. The first-order valence-electron chi connectivity index (χ1n) is 15.8. The molecule has 8 heteroatoms. The zero-order valence-electron chi connectivity index (χ0n) is 25.7. The summed E-state index contributed by atoms with van der Waals surface area (Å²) >= 11 is 0. The number of imide groups is 1. The number of anilines is 2. The lowest BCUT2D eigenvalue weighted by atomic mass is 9.67. The van der Waals surface area contributed by atoms with Crippen LogP contribution in [0.25, 0.3) is 11.1 Å². The number of phenols is 2. The Bertz CT molecular complexity index is 2350. The Morgan fingerprint density at radius 3 is 1.61 bits per heavy atom. The number of aromatic hydroxyl groups is 2. The van der Waals surface area contributed by atoms with Crippen LogP contribution in [0.15, 0.2) is 133 Å². The summed E-state index contributed by atoms with van der Waals surface area (Å²) in [5, 5.41) is 31.0. The van der Waals surface area contributed by atoms with Gasteiger partial charge in [-0.3, -0.25) is 19.3 Å². The zero-order chi connectivity index (χ0) is 33.6. The van der Waals surface area contributed by atoms with Crippen LogP contribution in [0.3, 0.4) is 0 Å². The molecule has 6 aromatic carbocycles. The van der Waals surface area contributed by atoms with Crippen LogP contribution in [0.1, 0.15) is 65.1 Å². The molecule has 2 heterocycles. The molecule has 6 aromatic rings. The van der Waals surface area contributed by atoms with Gasteiger partial charge in [-0.15, -0.1) is 0 Å². The molecular formula is C41H26N2O6. The van der Waals surface area contributed by atoms with E-state index >= 15 is 0 Å². The molecule has 3 aliphatic rings. The highest BCUT2D eigenvalue weighted by molar-refractivity contribution is 6.34. The number of nitrogens with zero attached hydrogens (tertiary/aromatic N) is 2. The van der Waals surface area contributed by atoms with E-state index in [1.807, 2.05) is 60.7 Å². The largest absolute Gasteiger partial charge is 0.508 e. The number of rotatable bonds is 4. The summed E-state index contributed by atoms with van der Waals surface area (Å²) in [6.07, 6.45) is -1.20. The molecular weight excluding hydrogens is 616 g/mol. The van der Waals surface area contributed by atoms with Crippen molar-refractivity contribution in [2.45, 2.75) is 11.6 Å². The first-order chi connectivity index (χ1) is 23.8. The van der Waals surface area contributed by atoms with Gasteiger partial charge in [-0.25, -0.2) is 4.90 Å². The highest BCUT2D eigenvalue weighted by atomic mass is 16.3. The van der Waals surface area contributed by atoms with Crippen LogP contribution >= 0.6 is 0 Å². The van der Waals surface area contributed by atoms with Crippen LogP contribution in [0.2, 0.25) is 0 Å². The summed E-state index contributed by atoms with van der Waals surface area (Å²) < 4.78 is 0. The van der Waals surface area contributed by atoms with Gasteiger partial charge in [0.25, 0.3) is 17.7 Å². The van der Waals surface area contributed by atoms with Crippen molar-refractivity contribution in [1.82, 2.24) is 0 Å². The van der Waals surface area contributed by atoms with E-state index in [-0.39, 0.29) is 28.2 Å². The van der Waals surface area contributed by atoms with Crippen LogP contribution in [-0.4, -0.2) is 33.0 Å². The first-order valence-corrected chi connectivity index (χ1v) is 15.8. The highest BCUT2D eigenvalue weighted by Crippen LogP contribution is 2.56. The topological polar surface area (TPSA) is 118 Å². The summed E-state index contributed by atoms with van der Waals surface area (Å²) in [7, 11) is 0. The monoisotopic (exact) mass is 642 g/mol. The van der Waals surface area contributed by atoms with Crippen molar-refractivity contribution >= 4 is 29.1 Å². The van der Waals surface area contributed by atoms with Gasteiger partial charge in [-0.05, 0) is 88.0 Å². The molecule has 0 bridgehead atoms. The molecule has 0 radical (unpaired) electrons. The number of phenolic OH excluding ortho intramolecular Hbond substituents is 2. The number of benzene rings is 6. The molecule has 2 aliphatic heterocycles. The Morgan fingerprint density at radius 2 is 1.00 bits per heavy atom. The van der Waals surface area contributed by atoms with E-state index in [1.165, 1.54) is 35.2 Å². The smallest absolute Gasteiger partial charge is 0.266 e.